The Balaban J connectivity index is 1.97. The van der Waals surface area contributed by atoms with Crippen LogP contribution in [0.15, 0.2) is 29.2 Å². The van der Waals surface area contributed by atoms with Crippen molar-refractivity contribution in [2.75, 3.05) is 25.4 Å². The second kappa shape index (κ2) is 7.74. The van der Waals surface area contributed by atoms with E-state index in [1.807, 2.05) is 0 Å². The summed E-state index contributed by atoms with van der Waals surface area (Å²) >= 11 is 0. The molecule has 1 N–H and O–H groups in total. The summed E-state index contributed by atoms with van der Waals surface area (Å²) in [5, 5.41) is 0. The Hall–Kier alpha value is -0.960. The van der Waals surface area contributed by atoms with Crippen molar-refractivity contribution < 1.29 is 16.8 Å². The Bertz CT molecular complexity index is 722. The van der Waals surface area contributed by atoms with E-state index in [0.29, 0.717) is 18.7 Å². The summed E-state index contributed by atoms with van der Waals surface area (Å²) in [6, 6.07) is 6.64. The quantitative estimate of drug-likeness (QED) is 0.833. The van der Waals surface area contributed by atoms with Gasteiger partial charge in [-0.25, -0.2) is 25.9 Å². The van der Waals surface area contributed by atoms with E-state index in [1.165, 1.54) is 10.4 Å². The van der Waals surface area contributed by atoms with Crippen LogP contribution in [0.5, 0.6) is 0 Å². The molecule has 130 valence electrons. The maximum absolute atomic E-state index is 12.3. The van der Waals surface area contributed by atoms with Crippen molar-refractivity contribution in [3.63, 3.8) is 0 Å². The van der Waals surface area contributed by atoms with E-state index >= 15 is 0 Å². The average molecular weight is 361 g/mol. The molecule has 0 bridgehead atoms. The second-order valence-corrected chi connectivity index (χ2v) is 9.62. The van der Waals surface area contributed by atoms with Gasteiger partial charge in [0.05, 0.1) is 10.6 Å². The molecule has 1 aliphatic heterocycles. The lowest BCUT2D eigenvalue weighted by molar-refractivity contribution is 0.423. The van der Waals surface area contributed by atoms with Gasteiger partial charge < -0.3 is 0 Å². The largest absolute Gasteiger partial charge is 0.240 e. The van der Waals surface area contributed by atoms with Crippen LogP contribution in [0.4, 0.5) is 0 Å². The normalized spacial score (nSPS) is 17.8. The van der Waals surface area contributed by atoms with Gasteiger partial charge >= 0.3 is 0 Å². The monoisotopic (exact) mass is 360 g/mol. The average Bonchev–Trinajstić information content (AvgIpc) is 2.76. The summed E-state index contributed by atoms with van der Waals surface area (Å²) in [5.41, 5.74) is 0.635. The van der Waals surface area contributed by atoms with Gasteiger partial charge in [-0.05, 0) is 31.4 Å². The minimum absolute atomic E-state index is 0.116. The van der Waals surface area contributed by atoms with Gasteiger partial charge in [-0.3, -0.25) is 0 Å². The molecule has 0 saturated carbocycles. The summed E-state index contributed by atoms with van der Waals surface area (Å²) in [7, 11) is -7.10. The topological polar surface area (TPSA) is 83.5 Å². The number of nitrogens with one attached hydrogen (secondary N) is 1. The SMILES string of the molecule is Cc1ccccc1S(=O)(=O)NCCS(=O)(=O)N1CCCCCC1. The number of hydrogen-bond acceptors (Lipinski definition) is 4. The number of aryl methyl sites for hydroxylation is 1. The molecular formula is C15H24N2O4S2. The van der Waals surface area contributed by atoms with Crippen LogP contribution >= 0.6 is 0 Å². The van der Waals surface area contributed by atoms with Gasteiger partial charge in [0, 0.05) is 19.6 Å². The van der Waals surface area contributed by atoms with Crippen LogP contribution in [0.1, 0.15) is 31.2 Å². The molecule has 0 aliphatic carbocycles. The van der Waals surface area contributed by atoms with Gasteiger partial charge in [0.1, 0.15) is 0 Å². The highest BCUT2D eigenvalue weighted by atomic mass is 32.2. The van der Waals surface area contributed by atoms with E-state index in [0.717, 1.165) is 25.7 Å². The summed E-state index contributed by atoms with van der Waals surface area (Å²) in [6.45, 7) is 2.66. The van der Waals surface area contributed by atoms with Gasteiger partial charge in [0.2, 0.25) is 20.0 Å². The molecule has 0 radical (unpaired) electrons. The lowest BCUT2D eigenvalue weighted by atomic mass is 10.2. The minimum Gasteiger partial charge on any atom is -0.212 e. The zero-order valence-corrected chi connectivity index (χ0v) is 15.0. The molecule has 1 aliphatic rings. The van der Waals surface area contributed by atoms with E-state index in [4.69, 9.17) is 0 Å². The van der Waals surface area contributed by atoms with Crippen LogP contribution in [0.2, 0.25) is 0 Å². The molecule has 1 aromatic carbocycles. The number of nitrogens with zero attached hydrogens (tertiary/aromatic N) is 1. The summed E-state index contributed by atoms with van der Waals surface area (Å²) in [4.78, 5) is 0.187. The standard InChI is InChI=1S/C15H24N2O4S2/c1-14-8-4-5-9-15(14)23(20,21)16-10-13-22(18,19)17-11-6-2-3-7-12-17/h4-5,8-9,16H,2-3,6-7,10-13H2,1H3. The molecule has 6 nitrogen and oxygen atoms in total. The highest BCUT2D eigenvalue weighted by Gasteiger charge is 2.24. The molecule has 1 aromatic rings. The molecule has 8 heteroatoms. The van der Waals surface area contributed by atoms with Crippen molar-refractivity contribution in [1.82, 2.24) is 9.03 Å². The van der Waals surface area contributed by atoms with Crippen LogP contribution < -0.4 is 4.72 Å². The molecule has 0 amide bonds. The van der Waals surface area contributed by atoms with Crippen LogP contribution in [0, 0.1) is 6.92 Å². The minimum atomic E-state index is -3.68. The van der Waals surface area contributed by atoms with E-state index in [-0.39, 0.29) is 17.2 Å². The Labute approximate surface area is 139 Å². The Kier molecular flexibility index (Phi) is 6.19. The molecule has 1 saturated heterocycles. The van der Waals surface area contributed by atoms with Crippen molar-refractivity contribution in [3.8, 4) is 0 Å². The molecule has 2 rings (SSSR count). The summed E-state index contributed by atoms with van der Waals surface area (Å²) < 4.78 is 53.0. The molecule has 1 heterocycles. The smallest absolute Gasteiger partial charge is 0.212 e. The van der Waals surface area contributed by atoms with Crippen molar-refractivity contribution >= 4 is 20.0 Å². The lowest BCUT2D eigenvalue weighted by Crippen LogP contribution is -2.38. The van der Waals surface area contributed by atoms with E-state index in [9.17, 15) is 16.8 Å². The van der Waals surface area contributed by atoms with Crippen LogP contribution in [0.3, 0.4) is 0 Å². The second-order valence-electron chi connectivity index (χ2n) is 5.79. The van der Waals surface area contributed by atoms with E-state index in [2.05, 4.69) is 4.72 Å². The first-order valence-corrected chi connectivity index (χ1v) is 11.0. The Morgan fingerprint density at radius 3 is 2.22 bits per heavy atom. The van der Waals surface area contributed by atoms with E-state index in [1.54, 1.807) is 25.1 Å². The summed E-state index contributed by atoms with van der Waals surface area (Å²) in [5.74, 6) is -0.210. The number of hydrogen-bond donors (Lipinski definition) is 1. The zero-order valence-electron chi connectivity index (χ0n) is 13.4. The van der Waals surface area contributed by atoms with Crippen molar-refractivity contribution in [1.29, 1.82) is 0 Å². The third-order valence-electron chi connectivity index (χ3n) is 3.99. The fourth-order valence-electron chi connectivity index (χ4n) is 2.69. The maximum atomic E-state index is 12.3. The molecular weight excluding hydrogens is 336 g/mol. The third kappa shape index (κ3) is 5.00. The fraction of sp³-hybridized carbons (Fsp3) is 0.600. The molecule has 0 spiro atoms. The van der Waals surface area contributed by atoms with Crippen LogP contribution in [-0.4, -0.2) is 46.5 Å². The predicted molar refractivity (Wildman–Crippen MR) is 90.2 cm³/mol. The molecule has 0 atom stereocenters. The van der Waals surface area contributed by atoms with Gasteiger partial charge in [0.25, 0.3) is 0 Å². The molecule has 23 heavy (non-hydrogen) atoms. The van der Waals surface area contributed by atoms with Crippen LogP contribution in [-0.2, 0) is 20.0 Å². The highest BCUT2D eigenvalue weighted by Crippen LogP contribution is 2.15. The van der Waals surface area contributed by atoms with Crippen molar-refractivity contribution in [2.24, 2.45) is 0 Å². The summed E-state index contributed by atoms with van der Waals surface area (Å²) in [6.07, 6.45) is 3.83. The lowest BCUT2D eigenvalue weighted by Gasteiger charge is -2.20. The first kappa shape index (κ1) is 18.4. The Morgan fingerprint density at radius 2 is 1.61 bits per heavy atom. The predicted octanol–water partition coefficient (Wildman–Crippen LogP) is 1.48. The number of benzene rings is 1. The van der Waals surface area contributed by atoms with E-state index < -0.39 is 20.0 Å². The molecule has 0 unspecified atom stereocenters. The van der Waals surface area contributed by atoms with Gasteiger partial charge in [-0.2, -0.15) is 0 Å². The maximum Gasteiger partial charge on any atom is 0.240 e. The van der Waals surface area contributed by atoms with Gasteiger partial charge in [-0.1, -0.05) is 31.0 Å². The first-order chi connectivity index (χ1) is 10.8. The first-order valence-electron chi connectivity index (χ1n) is 7.86. The van der Waals surface area contributed by atoms with Crippen molar-refractivity contribution in [3.05, 3.63) is 29.8 Å². The Morgan fingerprint density at radius 1 is 1.00 bits per heavy atom. The van der Waals surface area contributed by atoms with Crippen LogP contribution in [0.25, 0.3) is 0 Å². The van der Waals surface area contributed by atoms with Gasteiger partial charge in [-0.15, -0.1) is 0 Å². The third-order valence-corrected chi connectivity index (χ3v) is 7.49. The highest BCUT2D eigenvalue weighted by molar-refractivity contribution is 7.90. The zero-order chi connectivity index (χ0) is 16.9. The number of rotatable bonds is 6. The molecule has 0 aromatic heterocycles. The van der Waals surface area contributed by atoms with Gasteiger partial charge in [0.15, 0.2) is 0 Å². The fourth-order valence-corrected chi connectivity index (χ4v) is 5.53. The molecule has 1 fully saturated rings. The number of sulfonamides is 2. The van der Waals surface area contributed by atoms with Crippen molar-refractivity contribution in [2.45, 2.75) is 37.5 Å².